The summed E-state index contributed by atoms with van der Waals surface area (Å²) in [5, 5.41) is 6.36. The fourth-order valence-corrected chi connectivity index (χ4v) is 3.31. The number of carbonyl (C=O) groups is 1. The summed E-state index contributed by atoms with van der Waals surface area (Å²) in [6.45, 7) is 9.32. The van der Waals surface area contributed by atoms with E-state index in [1.807, 2.05) is 7.05 Å². The number of nitrogens with one attached hydrogen (secondary N) is 2. The summed E-state index contributed by atoms with van der Waals surface area (Å²) < 4.78 is 0. The van der Waals surface area contributed by atoms with E-state index in [4.69, 9.17) is 0 Å². The molecule has 16 heavy (non-hydrogen) atoms. The summed E-state index contributed by atoms with van der Waals surface area (Å²) in [5.41, 5.74) is 0.584. The fraction of sp³-hybridized carbons (Fsp3) is 0.923. The zero-order valence-electron chi connectivity index (χ0n) is 11.3. The van der Waals surface area contributed by atoms with Crippen LogP contribution in [-0.4, -0.2) is 25.5 Å². The summed E-state index contributed by atoms with van der Waals surface area (Å²) in [5.74, 6) is 0.0746. The highest BCUT2D eigenvalue weighted by Gasteiger charge is 2.40. The van der Waals surface area contributed by atoms with Crippen molar-refractivity contribution in [3.8, 4) is 0 Å². The minimum atomic E-state index is 0.0746. The quantitative estimate of drug-likeness (QED) is 0.772. The summed E-state index contributed by atoms with van der Waals surface area (Å²) in [6, 6.07) is 0.572. The maximum Gasteiger partial charge on any atom is 0.216 e. The van der Waals surface area contributed by atoms with Crippen molar-refractivity contribution in [3.63, 3.8) is 0 Å². The van der Waals surface area contributed by atoms with Crippen molar-refractivity contribution in [2.75, 3.05) is 13.6 Å². The number of amides is 1. The molecule has 0 aromatic heterocycles. The lowest BCUT2D eigenvalue weighted by molar-refractivity contribution is -0.119. The molecule has 1 rings (SSSR count). The molecule has 3 heteroatoms. The lowest BCUT2D eigenvalue weighted by Gasteiger charge is -2.46. The van der Waals surface area contributed by atoms with E-state index in [9.17, 15) is 4.79 Å². The zero-order chi connectivity index (χ0) is 12.4. The third-order valence-electron chi connectivity index (χ3n) is 3.62. The lowest BCUT2D eigenvalue weighted by atomic mass is 9.62. The van der Waals surface area contributed by atoms with Gasteiger partial charge in [-0.1, -0.05) is 20.8 Å². The van der Waals surface area contributed by atoms with Crippen molar-refractivity contribution in [2.24, 2.45) is 10.8 Å². The Morgan fingerprint density at radius 1 is 1.31 bits per heavy atom. The van der Waals surface area contributed by atoms with E-state index >= 15 is 0 Å². The number of carbonyl (C=O) groups excluding carboxylic acids is 1. The maximum atomic E-state index is 11.0. The minimum Gasteiger partial charge on any atom is -0.356 e. The number of hydrogen-bond donors (Lipinski definition) is 2. The molecule has 2 N–H and O–H groups in total. The highest BCUT2D eigenvalue weighted by molar-refractivity contribution is 5.72. The Bertz CT molecular complexity index is 263. The summed E-state index contributed by atoms with van der Waals surface area (Å²) in [6.07, 6.45) is 3.55. The molecule has 0 saturated heterocycles. The van der Waals surface area contributed by atoms with Crippen LogP contribution in [-0.2, 0) is 4.79 Å². The third kappa shape index (κ3) is 3.78. The molecule has 1 aliphatic carbocycles. The van der Waals surface area contributed by atoms with Crippen LogP contribution in [0.15, 0.2) is 0 Å². The molecule has 0 spiro atoms. The van der Waals surface area contributed by atoms with Gasteiger partial charge in [-0.2, -0.15) is 0 Å². The Kier molecular flexibility index (Phi) is 4.00. The maximum absolute atomic E-state index is 11.0. The second kappa shape index (κ2) is 4.74. The Balaban J connectivity index is 2.66. The molecular formula is C13H26N2O. The molecule has 1 saturated carbocycles. The molecule has 0 aromatic rings. The van der Waals surface area contributed by atoms with E-state index in [0.717, 1.165) is 13.0 Å². The van der Waals surface area contributed by atoms with Gasteiger partial charge < -0.3 is 10.6 Å². The van der Waals surface area contributed by atoms with E-state index in [1.54, 1.807) is 6.92 Å². The first-order valence-corrected chi connectivity index (χ1v) is 6.18. The van der Waals surface area contributed by atoms with E-state index < -0.39 is 0 Å². The van der Waals surface area contributed by atoms with Crippen molar-refractivity contribution in [3.05, 3.63) is 0 Å². The Labute approximate surface area is 99.4 Å². The average molecular weight is 226 g/mol. The van der Waals surface area contributed by atoms with Crippen molar-refractivity contribution in [1.82, 2.24) is 10.6 Å². The molecule has 1 aliphatic rings. The molecule has 1 fully saturated rings. The first-order chi connectivity index (χ1) is 7.26. The van der Waals surface area contributed by atoms with Crippen LogP contribution >= 0.6 is 0 Å². The molecule has 3 nitrogen and oxygen atoms in total. The molecule has 1 amide bonds. The molecule has 94 valence electrons. The van der Waals surface area contributed by atoms with Crippen LogP contribution in [0.5, 0.6) is 0 Å². The van der Waals surface area contributed by atoms with Crippen molar-refractivity contribution in [2.45, 2.75) is 53.0 Å². The summed E-state index contributed by atoms with van der Waals surface area (Å²) in [4.78, 5) is 11.0. The largest absolute Gasteiger partial charge is 0.356 e. The predicted molar refractivity (Wildman–Crippen MR) is 67.3 cm³/mol. The topological polar surface area (TPSA) is 41.1 Å². The van der Waals surface area contributed by atoms with E-state index in [-0.39, 0.29) is 11.3 Å². The van der Waals surface area contributed by atoms with Crippen LogP contribution in [0.2, 0.25) is 0 Å². The van der Waals surface area contributed by atoms with E-state index in [0.29, 0.717) is 11.5 Å². The average Bonchev–Trinajstić information content (AvgIpc) is 2.12. The standard InChI is InChI=1S/C13H26N2O/c1-10(16)15-9-13(4)7-11(14-5)6-12(2,3)8-13/h11,14H,6-9H2,1-5H3,(H,15,16). The van der Waals surface area contributed by atoms with Gasteiger partial charge in [0.1, 0.15) is 0 Å². The highest BCUT2D eigenvalue weighted by atomic mass is 16.1. The molecule has 0 aromatic carbocycles. The van der Waals surface area contributed by atoms with Gasteiger partial charge in [-0.15, -0.1) is 0 Å². The first-order valence-electron chi connectivity index (χ1n) is 6.18. The number of hydrogen-bond acceptors (Lipinski definition) is 2. The monoisotopic (exact) mass is 226 g/mol. The second-order valence-corrected chi connectivity index (χ2v) is 6.46. The van der Waals surface area contributed by atoms with Gasteiger partial charge in [0.25, 0.3) is 0 Å². The van der Waals surface area contributed by atoms with Crippen LogP contribution in [0.3, 0.4) is 0 Å². The van der Waals surface area contributed by atoms with Crippen LogP contribution in [0, 0.1) is 10.8 Å². The van der Waals surface area contributed by atoms with E-state index in [2.05, 4.69) is 31.4 Å². The van der Waals surface area contributed by atoms with Gasteiger partial charge in [0.2, 0.25) is 5.91 Å². The van der Waals surface area contributed by atoms with Gasteiger partial charge >= 0.3 is 0 Å². The molecule has 0 heterocycles. The third-order valence-corrected chi connectivity index (χ3v) is 3.62. The second-order valence-electron chi connectivity index (χ2n) is 6.46. The van der Waals surface area contributed by atoms with Crippen LogP contribution < -0.4 is 10.6 Å². The van der Waals surface area contributed by atoms with Gasteiger partial charge in [-0.3, -0.25) is 4.79 Å². The Hall–Kier alpha value is -0.570. The summed E-state index contributed by atoms with van der Waals surface area (Å²) >= 11 is 0. The lowest BCUT2D eigenvalue weighted by Crippen LogP contribution is -2.48. The molecule has 0 radical (unpaired) electrons. The SMILES string of the molecule is CNC1CC(C)(C)CC(C)(CNC(C)=O)C1. The van der Waals surface area contributed by atoms with Gasteiger partial charge in [0, 0.05) is 19.5 Å². The molecule has 2 atom stereocenters. The fourth-order valence-electron chi connectivity index (χ4n) is 3.31. The van der Waals surface area contributed by atoms with Crippen molar-refractivity contribution < 1.29 is 4.79 Å². The first kappa shape index (κ1) is 13.5. The smallest absolute Gasteiger partial charge is 0.216 e. The predicted octanol–water partition coefficient (Wildman–Crippen LogP) is 1.93. The highest BCUT2D eigenvalue weighted by Crippen LogP contribution is 2.45. The zero-order valence-corrected chi connectivity index (χ0v) is 11.3. The minimum absolute atomic E-state index is 0.0746. The summed E-state index contributed by atoms with van der Waals surface area (Å²) in [7, 11) is 2.03. The molecule has 0 aliphatic heterocycles. The molecule has 2 unspecified atom stereocenters. The van der Waals surface area contributed by atoms with E-state index in [1.165, 1.54) is 12.8 Å². The van der Waals surface area contributed by atoms with Gasteiger partial charge in [-0.25, -0.2) is 0 Å². The Morgan fingerprint density at radius 2 is 1.94 bits per heavy atom. The normalized spacial score (nSPS) is 33.4. The van der Waals surface area contributed by atoms with Crippen molar-refractivity contribution >= 4 is 5.91 Å². The van der Waals surface area contributed by atoms with Crippen LogP contribution in [0.4, 0.5) is 0 Å². The van der Waals surface area contributed by atoms with Crippen molar-refractivity contribution in [1.29, 1.82) is 0 Å². The van der Waals surface area contributed by atoms with Gasteiger partial charge in [0.15, 0.2) is 0 Å². The Morgan fingerprint density at radius 3 is 2.44 bits per heavy atom. The van der Waals surface area contributed by atoms with Gasteiger partial charge in [-0.05, 0) is 37.1 Å². The molecular weight excluding hydrogens is 200 g/mol. The molecule has 0 bridgehead atoms. The number of rotatable bonds is 3. The van der Waals surface area contributed by atoms with Crippen LogP contribution in [0.1, 0.15) is 47.0 Å². The van der Waals surface area contributed by atoms with Gasteiger partial charge in [0.05, 0.1) is 0 Å². The van der Waals surface area contributed by atoms with Crippen LogP contribution in [0.25, 0.3) is 0 Å².